The van der Waals surface area contributed by atoms with Crippen molar-refractivity contribution in [2.45, 2.75) is 44.9 Å². The Morgan fingerprint density at radius 3 is 2.57 bits per heavy atom. The number of benzene rings is 1. The van der Waals surface area contributed by atoms with Crippen molar-refractivity contribution in [3.05, 3.63) is 52.5 Å². The lowest BCUT2D eigenvalue weighted by Crippen LogP contribution is -2.12. The van der Waals surface area contributed by atoms with Gasteiger partial charge in [-0.2, -0.15) is 0 Å². The lowest BCUT2D eigenvalue weighted by Gasteiger charge is -2.14. The van der Waals surface area contributed by atoms with Gasteiger partial charge in [0, 0.05) is 23.7 Å². The van der Waals surface area contributed by atoms with Crippen LogP contribution in [0.15, 0.2) is 24.3 Å². The van der Waals surface area contributed by atoms with Crippen LogP contribution in [0.2, 0.25) is 0 Å². The molecule has 0 fully saturated rings. The summed E-state index contributed by atoms with van der Waals surface area (Å²) in [5.74, 6) is 2.58. The van der Waals surface area contributed by atoms with Crippen LogP contribution in [0.3, 0.4) is 0 Å². The van der Waals surface area contributed by atoms with Crippen molar-refractivity contribution in [1.82, 2.24) is 9.97 Å². The van der Waals surface area contributed by atoms with Crippen LogP contribution < -0.4 is 5.32 Å². The average molecular weight is 279 g/mol. The van der Waals surface area contributed by atoms with Crippen molar-refractivity contribution in [3.8, 4) is 0 Å². The summed E-state index contributed by atoms with van der Waals surface area (Å²) in [5, 5.41) is 3.44. The molecule has 2 aromatic rings. The van der Waals surface area contributed by atoms with Gasteiger partial charge in [0.25, 0.3) is 0 Å². The molecule has 1 N–H and O–H groups in total. The van der Waals surface area contributed by atoms with Gasteiger partial charge in [0.1, 0.15) is 11.6 Å². The molecule has 0 bridgehead atoms. The Balaban J connectivity index is 1.69. The number of aryl methyl sites for hydroxylation is 1. The zero-order valence-corrected chi connectivity index (χ0v) is 12.5. The average Bonchev–Trinajstić information content (AvgIpc) is 3.13. The number of nitrogens with one attached hydrogen (secondary N) is 1. The fraction of sp³-hybridized carbons (Fsp3) is 0.444. The highest BCUT2D eigenvalue weighted by molar-refractivity contribution is 5.49. The fourth-order valence-corrected chi connectivity index (χ4v) is 3.69. The van der Waals surface area contributed by atoms with Crippen molar-refractivity contribution in [1.29, 1.82) is 0 Å². The summed E-state index contributed by atoms with van der Waals surface area (Å²) in [6, 6.07) is 8.76. The lowest BCUT2D eigenvalue weighted by atomic mass is 10.1. The first-order chi connectivity index (χ1) is 10.3. The molecule has 0 atom stereocenters. The normalized spacial score (nSPS) is 16.8. The van der Waals surface area contributed by atoms with E-state index < -0.39 is 0 Å². The summed E-state index contributed by atoms with van der Waals surface area (Å²) in [6.45, 7) is 3.06. The van der Waals surface area contributed by atoms with E-state index in [2.05, 4.69) is 36.5 Å². The van der Waals surface area contributed by atoms with Gasteiger partial charge in [0.15, 0.2) is 0 Å². The van der Waals surface area contributed by atoms with Crippen LogP contribution >= 0.6 is 0 Å². The highest BCUT2D eigenvalue weighted by atomic mass is 15.0. The van der Waals surface area contributed by atoms with Crippen molar-refractivity contribution in [2.24, 2.45) is 0 Å². The van der Waals surface area contributed by atoms with E-state index in [9.17, 15) is 0 Å². The van der Waals surface area contributed by atoms with Gasteiger partial charge in [0.2, 0.25) is 0 Å². The predicted molar refractivity (Wildman–Crippen MR) is 84.8 cm³/mol. The number of hydrogen-bond donors (Lipinski definition) is 1. The number of aromatic nitrogens is 2. The van der Waals surface area contributed by atoms with Gasteiger partial charge >= 0.3 is 0 Å². The van der Waals surface area contributed by atoms with Gasteiger partial charge in [-0.15, -0.1) is 0 Å². The Hall–Kier alpha value is -1.90. The van der Waals surface area contributed by atoms with E-state index in [1.54, 1.807) is 0 Å². The number of anilines is 1. The molecule has 2 aliphatic carbocycles. The molecule has 0 unspecified atom stereocenters. The summed E-state index contributed by atoms with van der Waals surface area (Å²) in [4.78, 5) is 9.79. The van der Waals surface area contributed by atoms with Crippen molar-refractivity contribution >= 4 is 5.82 Å². The third kappa shape index (κ3) is 2.21. The maximum absolute atomic E-state index is 4.91. The second-order valence-corrected chi connectivity index (χ2v) is 6.11. The molecule has 3 heteroatoms. The minimum Gasteiger partial charge on any atom is -0.370 e. The van der Waals surface area contributed by atoms with Crippen LogP contribution in [0.4, 0.5) is 5.82 Å². The number of fused-ring (bicyclic) bond motifs is 2. The molecule has 1 heterocycles. The Morgan fingerprint density at radius 1 is 1.10 bits per heavy atom. The Bertz CT molecular complexity index is 653. The Morgan fingerprint density at radius 2 is 1.86 bits per heavy atom. The lowest BCUT2D eigenvalue weighted by molar-refractivity contribution is 0.676. The van der Waals surface area contributed by atoms with Crippen LogP contribution in [0.25, 0.3) is 0 Å². The van der Waals surface area contributed by atoms with Crippen molar-refractivity contribution in [3.63, 3.8) is 0 Å². The van der Waals surface area contributed by atoms with Gasteiger partial charge in [-0.3, -0.25) is 0 Å². The largest absolute Gasteiger partial charge is 0.370 e. The predicted octanol–water partition coefficient (Wildman–Crippen LogP) is 3.28. The minimum atomic E-state index is 0.450. The van der Waals surface area contributed by atoms with E-state index in [1.165, 1.54) is 28.8 Å². The molecule has 2 aliphatic rings. The molecule has 0 saturated carbocycles. The molecular weight excluding hydrogens is 258 g/mol. The quantitative estimate of drug-likeness (QED) is 0.937. The van der Waals surface area contributed by atoms with Gasteiger partial charge in [-0.1, -0.05) is 24.3 Å². The van der Waals surface area contributed by atoms with Crippen molar-refractivity contribution in [2.75, 3.05) is 11.9 Å². The third-order valence-electron chi connectivity index (χ3n) is 4.71. The van der Waals surface area contributed by atoms with E-state index in [-0.39, 0.29) is 0 Å². The van der Waals surface area contributed by atoms with Gasteiger partial charge in [0.05, 0.1) is 0 Å². The van der Waals surface area contributed by atoms with Crippen LogP contribution in [-0.4, -0.2) is 16.5 Å². The van der Waals surface area contributed by atoms with Crippen LogP contribution in [0.1, 0.15) is 47.5 Å². The molecule has 21 heavy (non-hydrogen) atoms. The van der Waals surface area contributed by atoms with Crippen LogP contribution in [0.5, 0.6) is 0 Å². The molecule has 0 amide bonds. The maximum Gasteiger partial charge on any atom is 0.134 e. The first kappa shape index (κ1) is 12.8. The summed E-state index contributed by atoms with van der Waals surface area (Å²) in [6.07, 6.45) is 5.63. The summed E-state index contributed by atoms with van der Waals surface area (Å²) >= 11 is 0. The molecule has 0 aliphatic heterocycles. The molecule has 0 saturated heterocycles. The second kappa shape index (κ2) is 5.14. The Kier molecular flexibility index (Phi) is 3.13. The SMILES string of the molecule is CCNc1nc(C2Cc3ccccc3C2)nc2c1CCC2. The van der Waals surface area contributed by atoms with Crippen LogP contribution in [-0.2, 0) is 25.7 Å². The highest BCUT2D eigenvalue weighted by Gasteiger charge is 2.27. The smallest absolute Gasteiger partial charge is 0.134 e. The standard InChI is InChI=1S/C18H21N3/c1-2-19-18-15-8-5-9-16(15)20-17(21-18)14-10-12-6-3-4-7-13(12)11-14/h3-4,6-7,14H,2,5,8-11H2,1H3,(H,19,20,21). The van der Waals surface area contributed by atoms with E-state index >= 15 is 0 Å². The summed E-state index contributed by atoms with van der Waals surface area (Å²) in [5.41, 5.74) is 5.58. The van der Waals surface area contributed by atoms with Crippen LogP contribution in [0, 0.1) is 0 Å². The molecule has 1 aromatic carbocycles. The maximum atomic E-state index is 4.91. The number of rotatable bonds is 3. The summed E-state index contributed by atoms with van der Waals surface area (Å²) in [7, 11) is 0. The molecule has 0 spiro atoms. The fourth-order valence-electron chi connectivity index (χ4n) is 3.69. The van der Waals surface area contributed by atoms with E-state index in [4.69, 9.17) is 9.97 Å². The molecule has 108 valence electrons. The topological polar surface area (TPSA) is 37.8 Å². The van der Waals surface area contributed by atoms with E-state index in [1.807, 2.05) is 0 Å². The molecule has 0 radical (unpaired) electrons. The number of nitrogens with zero attached hydrogens (tertiary/aromatic N) is 2. The highest BCUT2D eigenvalue weighted by Crippen LogP contribution is 2.35. The van der Waals surface area contributed by atoms with Gasteiger partial charge < -0.3 is 5.32 Å². The van der Waals surface area contributed by atoms with Gasteiger partial charge in [-0.05, 0) is 50.2 Å². The molecular formula is C18H21N3. The van der Waals surface area contributed by atoms with Gasteiger partial charge in [-0.25, -0.2) is 9.97 Å². The second-order valence-electron chi connectivity index (χ2n) is 6.11. The van der Waals surface area contributed by atoms with Crippen molar-refractivity contribution < 1.29 is 0 Å². The first-order valence-electron chi connectivity index (χ1n) is 8.05. The van der Waals surface area contributed by atoms with E-state index in [0.717, 1.165) is 43.9 Å². The Labute approximate surface area is 125 Å². The summed E-state index contributed by atoms with van der Waals surface area (Å²) < 4.78 is 0. The molecule has 1 aromatic heterocycles. The van der Waals surface area contributed by atoms with E-state index in [0.29, 0.717) is 5.92 Å². The third-order valence-corrected chi connectivity index (χ3v) is 4.71. The monoisotopic (exact) mass is 279 g/mol. The zero-order valence-electron chi connectivity index (χ0n) is 12.5. The molecule has 3 nitrogen and oxygen atoms in total. The molecule has 4 rings (SSSR count). The zero-order chi connectivity index (χ0) is 14.2. The first-order valence-corrected chi connectivity index (χ1v) is 8.05. The minimum absolute atomic E-state index is 0.450. The number of hydrogen-bond acceptors (Lipinski definition) is 3.